The van der Waals surface area contributed by atoms with Crippen LogP contribution >= 0.6 is 11.3 Å². The maximum atomic E-state index is 12.2. The molecule has 0 spiro atoms. The zero-order valence-electron chi connectivity index (χ0n) is 12.0. The number of methoxy groups -OCH3 is 1. The highest BCUT2D eigenvalue weighted by Crippen LogP contribution is 2.20. The molecule has 1 amide bonds. The van der Waals surface area contributed by atoms with Crippen molar-refractivity contribution in [3.63, 3.8) is 0 Å². The topological polar surface area (TPSA) is 64.1 Å². The smallest absolute Gasteiger partial charge is 0.275 e. The van der Waals surface area contributed by atoms with Crippen molar-refractivity contribution in [2.24, 2.45) is 0 Å². The van der Waals surface area contributed by atoms with E-state index in [1.807, 2.05) is 26.8 Å². The Hall–Kier alpha value is -1.79. The van der Waals surface area contributed by atoms with Gasteiger partial charge in [-0.05, 0) is 32.4 Å². The summed E-state index contributed by atoms with van der Waals surface area (Å²) in [7, 11) is 1.60. The second kappa shape index (κ2) is 6.11. The highest BCUT2D eigenvalue weighted by Gasteiger charge is 2.14. The SMILES string of the molecule is COCc1nc(C(=O)Nc2c(C)cc(C)nc2C)cs1. The van der Waals surface area contributed by atoms with Gasteiger partial charge in [0, 0.05) is 18.2 Å². The molecule has 0 saturated heterocycles. The molecule has 6 heteroatoms. The van der Waals surface area contributed by atoms with Crippen LogP contribution in [0.1, 0.15) is 32.4 Å². The van der Waals surface area contributed by atoms with Crippen LogP contribution < -0.4 is 5.32 Å². The minimum absolute atomic E-state index is 0.222. The predicted octanol–water partition coefficient (Wildman–Crippen LogP) is 2.86. The first-order valence-electron chi connectivity index (χ1n) is 6.20. The molecule has 0 aliphatic rings. The van der Waals surface area contributed by atoms with E-state index in [1.165, 1.54) is 11.3 Å². The van der Waals surface area contributed by atoms with Gasteiger partial charge in [-0.25, -0.2) is 4.98 Å². The molecule has 106 valence electrons. The molecule has 0 unspecified atom stereocenters. The number of nitrogens with one attached hydrogen (secondary N) is 1. The molecule has 0 fully saturated rings. The fourth-order valence-electron chi connectivity index (χ4n) is 2.00. The lowest BCUT2D eigenvalue weighted by Crippen LogP contribution is -2.15. The molecular formula is C14H17N3O2S. The largest absolute Gasteiger partial charge is 0.378 e. The zero-order valence-corrected chi connectivity index (χ0v) is 12.8. The highest BCUT2D eigenvalue weighted by molar-refractivity contribution is 7.09. The van der Waals surface area contributed by atoms with Gasteiger partial charge in [0.15, 0.2) is 0 Å². The van der Waals surface area contributed by atoms with Crippen molar-refractivity contribution in [2.45, 2.75) is 27.4 Å². The second-order valence-corrected chi connectivity index (χ2v) is 5.50. The average Bonchev–Trinajstić information content (AvgIpc) is 2.82. The number of hydrogen-bond donors (Lipinski definition) is 1. The van der Waals surface area contributed by atoms with Crippen LogP contribution in [0.5, 0.6) is 0 Å². The molecule has 0 saturated carbocycles. The van der Waals surface area contributed by atoms with Gasteiger partial charge in [0.1, 0.15) is 10.7 Å². The number of rotatable bonds is 4. The van der Waals surface area contributed by atoms with Crippen molar-refractivity contribution in [1.29, 1.82) is 0 Å². The van der Waals surface area contributed by atoms with Gasteiger partial charge >= 0.3 is 0 Å². The Labute approximate surface area is 122 Å². The Morgan fingerprint density at radius 2 is 2.10 bits per heavy atom. The summed E-state index contributed by atoms with van der Waals surface area (Å²) in [5.41, 5.74) is 3.90. The minimum atomic E-state index is -0.222. The zero-order chi connectivity index (χ0) is 14.7. The number of amides is 1. The number of pyridine rings is 1. The third kappa shape index (κ3) is 3.20. The summed E-state index contributed by atoms with van der Waals surface area (Å²) in [5.74, 6) is -0.222. The van der Waals surface area contributed by atoms with Gasteiger partial charge in [-0.2, -0.15) is 0 Å². The first-order valence-corrected chi connectivity index (χ1v) is 7.08. The number of ether oxygens (including phenoxy) is 1. The number of carbonyl (C=O) groups excluding carboxylic acids is 1. The third-order valence-corrected chi connectivity index (χ3v) is 3.64. The molecule has 2 aromatic heterocycles. The normalized spacial score (nSPS) is 10.6. The van der Waals surface area contributed by atoms with Crippen LogP contribution in [-0.4, -0.2) is 23.0 Å². The van der Waals surface area contributed by atoms with Gasteiger partial charge in [-0.1, -0.05) is 0 Å². The molecular weight excluding hydrogens is 274 g/mol. The predicted molar refractivity (Wildman–Crippen MR) is 79.2 cm³/mol. The second-order valence-electron chi connectivity index (χ2n) is 4.55. The number of aryl methyl sites for hydroxylation is 3. The lowest BCUT2D eigenvalue weighted by Gasteiger charge is -2.11. The third-order valence-electron chi connectivity index (χ3n) is 2.82. The van der Waals surface area contributed by atoms with Crippen LogP contribution in [0.15, 0.2) is 11.4 Å². The van der Waals surface area contributed by atoms with E-state index < -0.39 is 0 Å². The standard InChI is InChI=1S/C14H17N3O2S/c1-8-5-9(2)15-10(3)13(8)17-14(18)11-7-20-12(16-11)6-19-4/h5,7H,6H2,1-4H3,(H,17,18). The average molecular weight is 291 g/mol. The van der Waals surface area contributed by atoms with Crippen LogP contribution in [0.25, 0.3) is 0 Å². The first-order chi connectivity index (χ1) is 9.51. The van der Waals surface area contributed by atoms with Gasteiger partial charge in [0.2, 0.25) is 0 Å². The van der Waals surface area contributed by atoms with E-state index in [1.54, 1.807) is 12.5 Å². The van der Waals surface area contributed by atoms with Gasteiger partial charge in [-0.3, -0.25) is 9.78 Å². The first kappa shape index (κ1) is 14.6. The Morgan fingerprint density at radius 1 is 1.35 bits per heavy atom. The van der Waals surface area contributed by atoms with E-state index in [9.17, 15) is 4.79 Å². The summed E-state index contributed by atoms with van der Waals surface area (Å²) in [6.07, 6.45) is 0. The summed E-state index contributed by atoms with van der Waals surface area (Å²) in [5, 5.41) is 5.40. The van der Waals surface area contributed by atoms with Crippen LogP contribution in [0, 0.1) is 20.8 Å². The van der Waals surface area contributed by atoms with Crippen molar-refractivity contribution >= 4 is 22.9 Å². The Bertz CT molecular complexity index is 614. The molecule has 2 aromatic rings. The monoisotopic (exact) mass is 291 g/mol. The van der Waals surface area contributed by atoms with Gasteiger partial charge in [0.25, 0.3) is 5.91 Å². The maximum Gasteiger partial charge on any atom is 0.275 e. The highest BCUT2D eigenvalue weighted by atomic mass is 32.1. The molecule has 2 heterocycles. The van der Waals surface area contributed by atoms with Crippen molar-refractivity contribution in [3.8, 4) is 0 Å². The molecule has 0 bridgehead atoms. The quantitative estimate of drug-likeness (QED) is 0.940. The molecule has 0 aliphatic heterocycles. The molecule has 0 atom stereocenters. The van der Waals surface area contributed by atoms with E-state index in [2.05, 4.69) is 15.3 Å². The molecule has 0 radical (unpaired) electrons. The van der Waals surface area contributed by atoms with Crippen molar-refractivity contribution in [3.05, 3.63) is 39.1 Å². The molecule has 1 N–H and O–H groups in total. The lowest BCUT2D eigenvalue weighted by molar-refractivity contribution is 0.102. The number of carbonyl (C=O) groups is 1. The van der Waals surface area contributed by atoms with Crippen LogP contribution in [0.3, 0.4) is 0 Å². The Kier molecular flexibility index (Phi) is 4.46. The Morgan fingerprint density at radius 3 is 2.75 bits per heavy atom. The molecule has 0 aliphatic carbocycles. The van der Waals surface area contributed by atoms with E-state index in [0.29, 0.717) is 12.3 Å². The number of nitrogens with zero attached hydrogens (tertiary/aromatic N) is 2. The van der Waals surface area contributed by atoms with Gasteiger partial charge in [-0.15, -0.1) is 11.3 Å². The van der Waals surface area contributed by atoms with E-state index in [0.717, 1.165) is 27.6 Å². The molecule has 0 aromatic carbocycles. The van der Waals surface area contributed by atoms with E-state index in [4.69, 9.17) is 4.74 Å². The van der Waals surface area contributed by atoms with Crippen molar-refractivity contribution < 1.29 is 9.53 Å². The number of thiazole rings is 1. The molecule has 5 nitrogen and oxygen atoms in total. The molecule has 2 rings (SSSR count). The van der Waals surface area contributed by atoms with Crippen LogP contribution in [-0.2, 0) is 11.3 Å². The Balaban J connectivity index is 2.19. The number of anilines is 1. The summed E-state index contributed by atoms with van der Waals surface area (Å²) in [6, 6.07) is 1.94. The lowest BCUT2D eigenvalue weighted by atomic mass is 10.1. The number of hydrogen-bond acceptors (Lipinski definition) is 5. The summed E-state index contributed by atoms with van der Waals surface area (Å²) in [4.78, 5) is 20.8. The summed E-state index contributed by atoms with van der Waals surface area (Å²) in [6.45, 7) is 6.19. The van der Waals surface area contributed by atoms with Gasteiger partial charge < -0.3 is 10.1 Å². The van der Waals surface area contributed by atoms with Crippen LogP contribution in [0.2, 0.25) is 0 Å². The van der Waals surface area contributed by atoms with Crippen LogP contribution in [0.4, 0.5) is 5.69 Å². The summed E-state index contributed by atoms with van der Waals surface area (Å²) >= 11 is 1.41. The van der Waals surface area contributed by atoms with Gasteiger partial charge in [0.05, 0.1) is 18.0 Å². The maximum absolute atomic E-state index is 12.2. The fourth-order valence-corrected chi connectivity index (χ4v) is 2.74. The van der Waals surface area contributed by atoms with E-state index in [-0.39, 0.29) is 5.91 Å². The summed E-state index contributed by atoms with van der Waals surface area (Å²) < 4.78 is 5.00. The molecule has 20 heavy (non-hydrogen) atoms. The minimum Gasteiger partial charge on any atom is -0.378 e. The van der Waals surface area contributed by atoms with E-state index >= 15 is 0 Å². The fraction of sp³-hybridized carbons (Fsp3) is 0.357. The van der Waals surface area contributed by atoms with Crippen molar-refractivity contribution in [1.82, 2.24) is 9.97 Å². The van der Waals surface area contributed by atoms with Crippen molar-refractivity contribution in [2.75, 3.05) is 12.4 Å². The number of aromatic nitrogens is 2.